The molecule has 0 fully saturated rings. The van der Waals surface area contributed by atoms with Crippen molar-refractivity contribution in [1.82, 2.24) is 9.55 Å². The van der Waals surface area contributed by atoms with E-state index in [1.807, 2.05) is 6.92 Å². The summed E-state index contributed by atoms with van der Waals surface area (Å²) in [5.41, 5.74) is 1.08. The molecule has 2 atom stereocenters. The van der Waals surface area contributed by atoms with Crippen LogP contribution in [-0.4, -0.2) is 33.1 Å². The standard InChI is InChI=1S/C17H17FN2O3S2/c1-9-8-13-14(24-9)15(21)20(12-6-4-11(18)5-7-12)17(19-13)25-10(2)16(22)23-3/h4-7,9-10H,8H2,1-3H3/t9-,10+/m1/s1. The summed E-state index contributed by atoms with van der Waals surface area (Å²) in [5.74, 6) is -0.779. The van der Waals surface area contributed by atoms with Gasteiger partial charge in [-0.15, -0.1) is 11.8 Å². The van der Waals surface area contributed by atoms with Gasteiger partial charge in [-0.2, -0.15) is 0 Å². The Bertz CT molecular complexity index is 867. The number of carbonyl (C=O) groups is 1. The number of fused-ring (bicyclic) bond motifs is 1. The Morgan fingerprint density at radius 1 is 1.44 bits per heavy atom. The van der Waals surface area contributed by atoms with Gasteiger partial charge < -0.3 is 4.74 Å². The second kappa shape index (κ2) is 7.21. The van der Waals surface area contributed by atoms with Crippen LogP contribution >= 0.6 is 23.5 Å². The molecule has 2 aromatic rings. The Morgan fingerprint density at radius 2 is 2.12 bits per heavy atom. The van der Waals surface area contributed by atoms with Crippen LogP contribution in [0.4, 0.5) is 4.39 Å². The molecule has 0 spiro atoms. The zero-order valence-electron chi connectivity index (χ0n) is 14.0. The number of hydrogen-bond donors (Lipinski definition) is 0. The maximum absolute atomic E-state index is 13.3. The van der Waals surface area contributed by atoms with Gasteiger partial charge in [0.2, 0.25) is 0 Å². The lowest BCUT2D eigenvalue weighted by atomic mass is 10.2. The molecule has 0 aliphatic carbocycles. The third-order valence-corrected chi connectivity index (χ3v) is 6.03. The van der Waals surface area contributed by atoms with Crippen LogP contribution in [0.5, 0.6) is 0 Å². The topological polar surface area (TPSA) is 61.2 Å². The first kappa shape index (κ1) is 18.0. The predicted octanol–water partition coefficient (Wildman–Crippen LogP) is 3.06. The van der Waals surface area contributed by atoms with Crippen LogP contribution in [0.1, 0.15) is 19.5 Å². The molecule has 0 N–H and O–H groups in total. The highest BCUT2D eigenvalue weighted by Crippen LogP contribution is 2.35. The van der Waals surface area contributed by atoms with E-state index in [4.69, 9.17) is 4.74 Å². The maximum atomic E-state index is 13.3. The number of ether oxygens (including phenoxy) is 1. The van der Waals surface area contributed by atoms with Crippen molar-refractivity contribution in [1.29, 1.82) is 0 Å². The van der Waals surface area contributed by atoms with Crippen molar-refractivity contribution in [3.63, 3.8) is 0 Å². The van der Waals surface area contributed by atoms with E-state index in [2.05, 4.69) is 4.98 Å². The largest absolute Gasteiger partial charge is 0.468 e. The van der Waals surface area contributed by atoms with Gasteiger partial charge in [-0.3, -0.25) is 14.2 Å². The van der Waals surface area contributed by atoms with Crippen LogP contribution in [0.2, 0.25) is 0 Å². The zero-order valence-corrected chi connectivity index (χ0v) is 15.6. The fraction of sp³-hybridized carbons (Fsp3) is 0.353. The van der Waals surface area contributed by atoms with Crippen LogP contribution in [0.3, 0.4) is 0 Å². The fourth-order valence-electron chi connectivity index (χ4n) is 2.57. The monoisotopic (exact) mass is 380 g/mol. The van der Waals surface area contributed by atoms with Gasteiger partial charge in [0.25, 0.3) is 5.56 Å². The summed E-state index contributed by atoms with van der Waals surface area (Å²) >= 11 is 2.65. The lowest BCUT2D eigenvalue weighted by molar-refractivity contribution is -0.139. The molecule has 0 radical (unpaired) electrons. The molecule has 132 valence electrons. The summed E-state index contributed by atoms with van der Waals surface area (Å²) in [4.78, 5) is 30.0. The zero-order chi connectivity index (χ0) is 18.1. The molecular formula is C17H17FN2O3S2. The Hall–Kier alpha value is -1.80. The lowest BCUT2D eigenvalue weighted by Crippen LogP contribution is -2.25. The van der Waals surface area contributed by atoms with Crippen LogP contribution in [0.25, 0.3) is 5.69 Å². The molecule has 0 unspecified atom stereocenters. The van der Waals surface area contributed by atoms with E-state index in [9.17, 15) is 14.0 Å². The highest BCUT2D eigenvalue weighted by Gasteiger charge is 2.28. The van der Waals surface area contributed by atoms with Gasteiger partial charge in [-0.05, 0) is 31.2 Å². The number of nitrogens with zero attached hydrogens (tertiary/aromatic N) is 2. The third-order valence-electron chi connectivity index (χ3n) is 3.78. The molecule has 0 saturated carbocycles. The van der Waals surface area contributed by atoms with Crippen molar-refractivity contribution in [2.75, 3.05) is 7.11 Å². The summed E-state index contributed by atoms with van der Waals surface area (Å²) in [6.07, 6.45) is 0.708. The quantitative estimate of drug-likeness (QED) is 0.462. The highest BCUT2D eigenvalue weighted by molar-refractivity contribution is 8.00. The molecule has 0 amide bonds. The van der Waals surface area contributed by atoms with E-state index in [0.29, 0.717) is 22.2 Å². The lowest BCUT2D eigenvalue weighted by Gasteiger charge is -2.15. The van der Waals surface area contributed by atoms with E-state index in [1.165, 1.54) is 47.7 Å². The van der Waals surface area contributed by atoms with Crippen molar-refractivity contribution in [3.8, 4) is 5.69 Å². The highest BCUT2D eigenvalue weighted by atomic mass is 32.2. The number of benzene rings is 1. The van der Waals surface area contributed by atoms with Gasteiger partial charge in [-0.1, -0.05) is 18.7 Å². The molecule has 5 nitrogen and oxygen atoms in total. The van der Waals surface area contributed by atoms with Gasteiger partial charge in [0.1, 0.15) is 11.1 Å². The molecule has 0 bridgehead atoms. The van der Waals surface area contributed by atoms with Gasteiger partial charge >= 0.3 is 5.97 Å². The number of esters is 1. The number of hydrogen-bond acceptors (Lipinski definition) is 6. The smallest absolute Gasteiger partial charge is 0.318 e. The van der Waals surface area contributed by atoms with Crippen LogP contribution in [0, 0.1) is 5.82 Å². The summed E-state index contributed by atoms with van der Waals surface area (Å²) < 4.78 is 19.5. The van der Waals surface area contributed by atoms with E-state index >= 15 is 0 Å². The van der Waals surface area contributed by atoms with E-state index in [0.717, 1.165) is 17.5 Å². The molecule has 1 aliphatic heterocycles. The Morgan fingerprint density at radius 3 is 2.76 bits per heavy atom. The van der Waals surface area contributed by atoms with E-state index in [1.54, 1.807) is 6.92 Å². The normalized spacial score (nSPS) is 17.2. The van der Waals surface area contributed by atoms with Crippen LogP contribution < -0.4 is 5.56 Å². The number of halogens is 1. The van der Waals surface area contributed by atoms with Crippen molar-refractivity contribution in [3.05, 3.63) is 46.1 Å². The first-order valence-electron chi connectivity index (χ1n) is 7.73. The average molecular weight is 380 g/mol. The maximum Gasteiger partial charge on any atom is 0.318 e. The first-order chi connectivity index (χ1) is 11.9. The first-order valence-corrected chi connectivity index (χ1v) is 9.49. The summed E-state index contributed by atoms with van der Waals surface area (Å²) in [6, 6.07) is 5.65. The predicted molar refractivity (Wildman–Crippen MR) is 96.2 cm³/mol. The number of thioether (sulfide) groups is 2. The van der Waals surface area contributed by atoms with Crippen molar-refractivity contribution in [2.24, 2.45) is 0 Å². The van der Waals surface area contributed by atoms with Crippen LogP contribution in [0.15, 0.2) is 39.1 Å². The molecule has 1 aromatic heterocycles. The Kier molecular flexibility index (Phi) is 5.19. The third kappa shape index (κ3) is 3.59. The SMILES string of the molecule is COC(=O)[C@H](C)Sc1nc2c(c(=O)n1-c1ccc(F)cc1)S[C@H](C)C2. The summed E-state index contributed by atoms with van der Waals surface area (Å²) in [7, 11) is 1.32. The number of aromatic nitrogens is 2. The van der Waals surface area contributed by atoms with Crippen molar-refractivity contribution in [2.45, 2.75) is 40.8 Å². The molecule has 8 heteroatoms. The minimum absolute atomic E-state index is 0.189. The number of carbonyl (C=O) groups excluding carboxylic acids is 1. The average Bonchev–Trinajstić information content (AvgIpc) is 2.96. The number of rotatable bonds is 4. The molecule has 1 aliphatic rings. The van der Waals surface area contributed by atoms with Gasteiger partial charge in [-0.25, -0.2) is 9.37 Å². The molecule has 25 heavy (non-hydrogen) atoms. The minimum Gasteiger partial charge on any atom is -0.468 e. The molecule has 1 aromatic carbocycles. The van der Waals surface area contributed by atoms with Crippen molar-refractivity contribution >= 4 is 29.5 Å². The van der Waals surface area contributed by atoms with Crippen LogP contribution in [-0.2, 0) is 16.0 Å². The summed E-state index contributed by atoms with van der Waals surface area (Å²) in [5, 5.41) is 0.159. The molecule has 2 heterocycles. The van der Waals surface area contributed by atoms with Gasteiger partial charge in [0, 0.05) is 11.7 Å². The Labute approximate surface area is 153 Å². The second-order valence-electron chi connectivity index (χ2n) is 5.70. The van der Waals surface area contributed by atoms with Crippen molar-refractivity contribution < 1.29 is 13.9 Å². The molecule has 0 saturated heterocycles. The minimum atomic E-state index is -0.520. The molecular weight excluding hydrogens is 363 g/mol. The second-order valence-corrected chi connectivity index (χ2v) is 8.46. The van der Waals surface area contributed by atoms with Gasteiger partial charge in [0.05, 0.1) is 23.4 Å². The fourth-order valence-corrected chi connectivity index (χ4v) is 4.64. The Balaban J connectivity index is 2.13. The van der Waals surface area contributed by atoms with Gasteiger partial charge in [0.15, 0.2) is 5.16 Å². The van der Waals surface area contributed by atoms with E-state index < -0.39 is 11.2 Å². The number of methoxy groups -OCH3 is 1. The van der Waals surface area contributed by atoms with E-state index in [-0.39, 0.29) is 16.6 Å². The molecule has 3 rings (SSSR count). The summed E-state index contributed by atoms with van der Waals surface area (Å²) in [6.45, 7) is 3.74.